The smallest absolute Gasteiger partial charge is 0.475 e. The average molecular weight is 302 g/mol. The molecule has 0 bridgehead atoms. The molecule has 0 aliphatic carbocycles. The number of methoxy groups -OCH3 is 1. The van der Waals surface area contributed by atoms with Gasteiger partial charge in [-0.25, -0.2) is 0 Å². The van der Waals surface area contributed by atoms with E-state index >= 15 is 0 Å². The van der Waals surface area contributed by atoms with Crippen LogP contribution in [-0.2, 0) is 4.57 Å². The maximum absolute atomic E-state index is 12.8. The van der Waals surface area contributed by atoms with Crippen molar-refractivity contribution in [2.75, 3.05) is 20.2 Å². The third-order valence-corrected chi connectivity index (χ3v) is 5.38. The zero-order valence-corrected chi connectivity index (χ0v) is 13.6. The summed E-state index contributed by atoms with van der Waals surface area (Å²) >= 11 is 0. The number of rotatable bonds is 6. The van der Waals surface area contributed by atoms with E-state index < -0.39 is 7.95 Å². The summed E-state index contributed by atoms with van der Waals surface area (Å²) in [5.74, 6) is 0.799. The van der Waals surface area contributed by atoms with Crippen molar-refractivity contribution < 1.29 is 9.30 Å². The first kappa shape index (κ1) is 15.7. The Kier molecular flexibility index (Phi) is 5.49. The number of para-hydroxylation sites is 1. The molecule has 0 saturated carbocycles. The lowest BCUT2D eigenvalue weighted by Crippen LogP contribution is -2.19. The van der Waals surface area contributed by atoms with Gasteiger partial charge in [-0.15, -0.1) is 0 Å². The van der Waals surface area contributed by atoms with Crippen LogP contribution in [0.2, 0.25) is 0 Å². The molecule has 2 rings (SSSR count). The summed E-state index contributed by atoms with van der Waals surface area (Å²) in [4.78, 5) is 0. The van der Waals surface area contributed by atoms with E-state index in [9.17, 15) is 4.57 Å². The SMILES string of the molecule is CCN(CC)[P+](=O)c1ccccc1-c1ccccc1OC. The molecule has 0 radical (unpaired) electrons. The molecule has 2 aromatic rings. The van der Waals surface area contributed by atoms with E-state index in [0.29, 0.717) is 0 Å². The van der Waals surface area contributed by atoms with Crippen LogP contribution in [0.15, 0.2) is 48.5 Å². The fraction of sp³-hybridized carbons (Fsp3) is 0.294. The Morgan fingerprint density at radius 1 is 0.952 bits per heavy atom. The van der Waals surface area contributed by atoms with Crippen LogP contribution in [0.5, 0.6) is 5.75 Å². The highest BCUT2D eigenvalue weighted by Crippen LogP contribution is 2.35. The van der Waals surface area contributed by atoms with Gasteiger partial charge in [0.05, 0.1) is 7.11 Å². The van der Waals surface area contributed by atoms with Gasteiger partial charge >= 0.3 is 7.95 Å². The Hall–Kier alpha value is -1.70. The molecule has 0 N–H and O–H groups in total. The van der Waals surface area contributed by atoms with Crippen LogP contribution in [0, 0.1) is 0 Å². The summed E-state index contributed by atoms with van der Waals surface area (Å²) in [5, 5.41) is 0.862. The molecule has 0 saturated heterocycles. The van der Waals surface area contributed by atoms with Gasteiger partial charge in [0.15, 0.2) is 0 Å². The molecule has 2 aromatic carbocycles. The molecule has 0 fully saturated rings. The van der Waals surface area contributed by atoms with Crippen molar-refractivity contribution in [3.63, 3.8) is 0 Å². The van der Waals surface area contributed by atoms with E-state index in [1.165, 1.54) is 0 Å². The van der Waals surface area contributed by atoms with E-state index in [1.54, 1.807) is 7.11 Å². The quantitative estimate of drug-likeness (QED) is 0.753. The lowest BCUT2D eigenvalue weighted by Gasteiger charge is -2.10. The van der Waals surface area contributed by atoms with Gasteiger partial charge in [0.1, 0.15) is 5.75 Å². The van der Waals surface area contributed by atoms with Gasteiger partial charge in [-0.1, -0.05) is 35.0 Å². The van der Waals surface area contributed by atoms with Crippen LogP contribution >= 0.6 is 7.95 Å². The molecule has 1 atom stereocenters. The van der Waals surface area contributed by atoms with Crippen molar-refractivity contribution in [2.24, 2.45) is 0 Å². The van der Waals surface area contributed by atoms with Crippen LogP contribution in [0.1, 0.15) is 13.8 Å². The molecule has 1 unspecified atom stereocenters. The van der Waals surface area contributed by atoms with E-state index in [-0.39, 0.29) is 0 Å². The Labute approximate surface area is 127 Å². The Bertz CT molecular complexity index is 624. The van der Waals surface area contributed by atoms with Crippen molar-refractivity contribution in [3.8, 4) is 16.9 Å². The fourth-order valence-electron chi connectivity index (χ4n) is 2.37. The molecule has 21 heavy (non-hydrogen) atoms. The minimum atomic E-state index is -1.57. The molecule has 0 amide bonds. The molecule has 3 nitrogen and oxygen atoms in total. The second-order valence-electron chi connectivity index (χ2n) is 4.63. The maximum atomic E-state index is 12.8. The van der Waals surface area contributed by atoms with E-state index in [0.717, 1.165) is 35.3 Å². The molecule has 4 heteroatoms. The van der Waals surface area contributed by atoms with Crippen LogP contribution in [0.4, 0.5) is 0 Å². The molecule has 0 heterocycles. The number of benzene rings is 2. The van der Waals surface area contributed by atoms with Crippen LogP contribution in [0.3, 0.4) is 0 Å². The summed E-state index contributed by atoms with van der Waals surface area (Å²) in [7, 11) is 0.0853. The van der Waals surface area contributed by atoms with Crippen LogP contribution < -0.4 is 10.0 Å². The predicted molar refractivity (Wildman–Crippen MR) is 88.6 cm³/mol. The third-order valence-electron chi connectivity index (χ3n) is 3.49. The minimum Gasteiger partial charge on any atom is -0.496 e. The lowest BCUT2D eigenvalue weighted by atomic mass is 10.0. The molecule has 0 aliphatic rings. The third kappa shape index (κ3) is 3.31. The Balaban J connectivity index is 2.53. The number of nitrogens with zero attached hydrogens (tertiary/aromatic N) is 1. The lowest BCUT2D eigenvalue weighted by molar-refractivity contribution is 0.416. The van der Waals surface area contributed by atoms with Gasteiger partial charge in [-0.2, -0.15) is 0 Å². The van der Waals surface area contributed by atoms with Crippen molar-refractivity contribution in [1.29, 1.82) is 0 Å². The molecule has 0 aliphatic heterocycles. The van der Waals surface area contributed by atoms with Gasteiger partial charge in [-0.05, 0) is 36.6 Å². The highest BCUT2D eigenvalue weighted by atomic mass is 31.1. The number of hydrogen-bond acceptors (Lipinski definition) is 2. The van der Waals surface area contributed by atoms with Crippen LogP contribution in [0.25, 0.3) is 11.1 Å². The topological polar surface area (TPSA) is 29.5 Å². The first-order chi connectivity index (χ1) is 10.2. The van der Waals surface area contributed by atoms with Crippen molar-refractivity contribution in [3.05, 3.63) is 48.5 Å². The van der Waals surface area contributed by atoms with Gasteiger partial charge in [0.25, 0.3) is 0 Å². The van der Waals surface area contributed by atoms with Gasteiger partial charge in [-0.3, -0.25) is 0 Å². The van der Waals surface area contributed by atoms with Crippen molar-refractivity contribution in [1.82, 2.24) is 4.67 Å². The standard InChI is InChI=1S/C17H21NO2P/c1-4-18(5-2)21(19)17-13-9-7-11-15(17)14-10-6-8-12-16(14)20-3/h6-13H,4-5H2,1-3H3/q+1. The molecular formula is C17H21NO2P+. The minimum absolute atomic E-state index is 0.770. The second kappa shape index (κ2) is 7.35. The fourth-order valence-corrected chi connectivity index (χ4v) is 3.80. The van der Waals surface area contributed by atoms with Crippen molar-refractivity contribution >= 4 is 13.3 Å². The largest absolute Gasteiger partial charge is 0.496 e. The zero-order chi connectivity index (χ0) is 15.2. The number of ether oxygens (including phenoxy) is 1. The van der Waals surface area contributed by atoms with Gasteiger partial charge in [0.2, 0.25) is 5.30 Å². The summed E-state index contributed by atoms with van der Waals surface area (Å²) in [6.07, 6.45) is 0. The highest BCUT2D eigenvalue weighted by molar-refractivity contribution is 7.51. The molecule has 110 valence electrons. The first-order valence-corrected chi connectivity index (χ1v) is 8.38. The Morgan fingerprint density at radius 2 is 1.52 bits per heavy atom. The Morgan fingerprint density at radius 3 is 2.14 bits per heavy atom. The highest BCUT2D eigenvalue weighted by Gasteiger charge is 2.31. The maximum Gasteiger partial charge on any atom is 0.475 e. The summed E-state index contributed by atoms with van der Waals surface area (Å²) in [6, 6.07) is 15.7. The van der Waals surface area contributed by atoms with Crippen LogP contribution in [-0.4, -0.2) is 24.9 Å². The van der Waals surface area contributed by atoms with Gasteiger partial charge in [0, 0.05) is 24.2 Å². The van der Waals surface area contributed by atoms with Crippen molar-refractivity contribution in [2.45, 2.75) is 13.8 Å². The molecule has 0 aromatic heterocycles. The molecular weight excluding hydrogens is 281 g/mol. The number of hydrogen-bond donors (Lipinski definition) is 0. The molecule has 0 spiro atoms. The first-order valence-electron chi connectivity index (χ1n) is 7.17. The van der Waals surface area contributed by atoms with E-state index in [2.05, 4.69) is 0 Å². The summed E-state index contributed by atoms with van der Waals surface area (Å²) in [5.41, 5.74) is 1.95. The zero-order valence-electron chi connectivity index (χ0n) is 12.7. The predicted octanol–water partition coefficient (Wildman–Crippen LogP) is 4.07. The normalized spacial score (nSPS) is 11.5. The summed E-state index contributed by atoms with van der Waals surface area (Å²) < 4.78 is 20.2. The monoisotopic (exact) mass is 302 g/mol. The van der Waals surface area contributed by atoms with Gasteiger partial charge < -0.3 is 4.74 Å². The average Bonchev–Trinajstić information content (AvgIpc) is 2.55. The second-order valence-corrected chi connectivity index (χ2v) is 6.22. The summed E-state index contributed by atoms with van der Waals surface area (Å²) in [6.45, 7) is 5.60. The van der Waals surface area contributed by atoms with E-state index in [1.807, 2.05) is 67.0 Å². The van der Waals surface area contributed by atoms with E-state index in [4.69, 9.17) is 4.74 Å².